The van der Waals surface area contributed by atoms with Crippen molar-refractivity contribution < 1.29 is 14.3 Å². The van der Waals surface area contributed by atoms with E-state index in [4.69, 9.17) is 10.00 Å². The molecule has 1 aliphatic rings. The Hall–Kier alpha value is -3.37. The van der Waals surface area contributed by atoms with E-state index in [-0.39, 0.29) is 0 Å². The van der Waals surface area contributed by atoms with Crippen molar-refractivity contribution in [3.8, 4) is 11.8 Å². The summed E-state index contributed by atoms with van der Waals surface area (Å²) < 4.78 is 5.75. The number of piperazine rings is 1. The largest absolute Gasteiger partial charge is 0.489 e. The summed E-state index contributed by atoms with van der Waals surface area (Å²) in [5.74, 6) is -0.594. The summed E-state index contributed by atoms with van der Waals surface area (Å²) in [4.78, 5) is 28.6. The minimum atomic E-state index is -0.645. The molecule has 1 fully saturated rings. The first-order valence-electron chi connectivity index (χ1n) is 9.63. The molecule has 3 rings (SSSR count). The lowest BCUT2D eigenvalue weighted by Gasteiger charge is -2.33. The van der Waals surface area contributed by atoms with Crippen molar-refractivity contribution in [2.75, 3.05) is 38.0 Å². The number of ether oxygens (including phenoxy) is 1. The molecule has 0 aromatic heterocycles. The van der Waals surface area contributed by atoms with E-state index in [1.165, 1.54) is 0 Å². The first-order valence-corrected chi connectivity index (χ1v) is 9.63. The predicted molar refractivity (Wildman–Crippen MR) is 109 cm³/mol. The van der Waals surface area contributed by atoms with Gasteiger partial charge < -0.3 is 19.9 Å². The number of anilines is 1. The van der Waals surface area contributed by atoms with Gasteiger partial charge in [0, 0.05) is 37.9 Å². The lowest BCUT2D eigenvalue weighted by molar-refractivity contribution is -0.144. The van der Waals surface area contributed by atoms with Gasteiger partial charge in [-0.15, -0.1) is 0 Å². The van der Waals surface area contributed by atoms with Crippen LogP contribution in [0.15, 0.2) is 48.5 Å². The van der Waals surface area contributed by atoms with E-state index in [0.29, 0.717) is 36.7 Å². The molecule has 1 aliphatic heterocycles. The van der Waals surface area contributed by atoms with Gasteiger partial charge in [0.2, 0.25) is 0 Å². The second-order valence-electron chi connectivity index (χ2n) is 6.81. The van der Waals surface area contributed by atoms with Gasteiger partial charge in [0.1, 0.15) is 12.4 Å². The third kappa shape index (κ3) is 5.56. The quantitative estimate of drug-likeness (QED) is 0.789. The Morgan fingerprint density at radius 2 is 1.86 bits per heavy atom. The van der Waals surface area contributed by atoms with E-state index >= 15 is 0 Å². The lowest BCUT2D eigenvalue weighted by Crippen LogP contribution is -2.51. The Morgan fingerprint density at radius 1 is 1.10 bits per heavy atom. The summed E-state index contributed by atoms with van der Waals surface area (Å²) in [6.45, 7) is 6.02. The molecule has 0 aliphatic carbocycles. The second-order valence-corrected chi connectivity index (χ2v) is 6.81. The summed E-state index contributed by atoms with van der Waals surface area (Å²) >= 11 is 0. The van der Waals surface area contributed by atoms with Crippen LogP contribution in [0.25, 0.3) is 0 Å². The van der Waals surface area contributed by atoms with Crippen LogP contribution in [0.1, 0.15) is 18.1 Å². The molecule has 150 valence electrons. The molecule has 1 heterocycles. The molecule has 29 heavy (non-hydrogen) atoms. The standard InChI is InChI=1S/C22H24N4O3/c1-2-25-9-11-26(12-10-25)22(28)21(27)24-19-7-4-8-20(14-19)29-16-18-6-3-5-17(13-18)15-23/h3-8,13-14H,2,9-12,16H2,1H3,(H,24,27). The van der Waals surface area contributed by atoms with Crippen molar-refractivity contribution in [3.63, 3.8) is 0 Å². The number of hydrogen-bond acceptors (Lipinski definition) is 5. The minimum Gasteiger partial charge on any atom is -0.489 e. The van der Waals surface area contributed by atoms with Crippen LogP contribution in [-0.2, 0) is 16.2 Å². The molecule has 0 saturated carbocycles. The monoisotopic (exact) mass is 392 g/mol. The molecule has 1 N–H and O–H groups in total. The molecule has 2 aromatic rings. The zero-order valence-corrected chi connectivity index (χ0v) is 16.4. The number of nitriles is 1. The Morgan fingerprint density at radius 3 is 2.59 bits per heavy atom. The highest BCUT2D eigenvalue weighted by molar-refractivity contribution is 6.39. The van der Waals surface area contributed by atoms with Gasteiger partial charge in [-0.05, 0) is 36.4 Å². The van der Waals surface area contributed by atoms with Gasteiger partial charge in [-0.1, -0.05) is 25.1 Å². The third-order valence-electron chi connectivity index (χ3n) is 4.85. The van der Waals surface area contributed by atoms with Crippen LogP contribution in [0.4, 0.5) is 5.69 Å². The fraction of sp³-hybridized carbons (Fsp3) is 0.318. The Labute approximate surface area is 170 Å². The number of nitrogens with one attached hydrogen (secondary N) is 1. The van der Waals surface area contributed by atoms with Gasteiger partial charge in [0.15, 0.2) is 0 Å². The highest BCUT2D eigenvalue weighted by Crippen LogP contribution is 2.19. The molecule has 0 spiro atoms. The summed E-state index contributed by atoms with van der Waals surface area (Å²) in [6.07, 6.45) is 0. The normalized spacial score (nSPS) is 14.1. The van der Waals surface area contributed by atoms with Crippen LogP contribution in [0, 0.1) is 11.3 Å². The van der Waals surface area contributed by atoms with Gasteiger partial charge in [-0.3, -0.25) is 9.59 Å². The number of carbonyl (C=O) groups excluding carboxylic acids is 2. The number of hydrogen-bond donors (Lipinski definition) is 1. The van der Waals surface area contributed by atoms with Crippen molar-refractivity contribution in [1.82, 2.24) is 9.80 Å². The highest BCUT2D eigenvalue weighted by Gasteiger charge is 2.25. The summed E-state index contributed by atoms with van der Waals surface area (Å²) in [6, 6.07) is 16.2. The Kier molecular flexibility index (Phi) is 6.82. The van der Waals surface area contributed by atoms with Crippen molar-refractivity contribution >= 4 is 17.5 Å². The number of likely N-dealkylation sites (N-methyl/N-ethyl adjacent to an activating group) is 1. The van der Waals surface area contributed by atoms with Crippen LogP contribution in [0.5, 0.6) is 5.75 Å². The number of benzene rings is 2. The van der Waals surface area contributed by atoms with Crippen LogP contribution >= 0.6 is 0 Å². The zero-order chi connectivity index (χ0) is 20.6. The SMILES string of the molecule is CCN1CCN(C(=O)C(=O)Nc2cccc(OCc3cccc(C#N)c3)c2)CC1. The van der Waals surface area contributed by atoms with Crippen LogP contribution in [0.2, 0.25) is 0 Å². The molecule has 7 nitrogen and oxygen atoms in total. The van der Waals surface area contributed by atoms with E-state index in [1.807, 2.05) is 6.07 Å². The maximum absolute atomic E-state index is 12.4. The number of rotatable bonds is 5. The number of amides is 2. The third-order valence-corrected chi connectivity index (χ3v) is 4.85. The van der Waals surface area contributed by atoms with Gasteiger partial charge in [0.25, 0.3) is 0 Å². The van der Waals surface area contributed by atoms with E-state index in [0.717, 1.165) is 25.2 Å². The molecular weight excluding hydrogens is 368 g/mol. The fourth-order valence-corrected chi connectivity index (χ4v) is 3.16. The van der Waals surface area contributed by atoms with E-state index in [9.17, 15) is 9.59 Å². The summed E-state index contributed by atoms with van der Waals surface area (Å²) in [5, 5.41) is 11.6. The predicted octanol–water partition coefficient (Wildman–Crippen LogP) is 2.24. The highest BCUT2D eigenvalue weighted by atomic mass is 16.5. The molecule has 0 unspecified atom stereocenters. The molecule has 2 aromatic carbocycles. The number of carbonyl (C=O) groups is 2. The van der Waals surface area contributed by atoms with E-state index < -0.39 is 11.8 Å². The van der Waals surface area contributed by atoms with Crippen LogP contribution < -0.4 is 10.1 Å². The lowest BCUT2D eigenvalue weighted by atomic mass is 10.1. The maximum atomic E-state index is 12.4. The molecule has 1 saturated heterocycles. The zero-order valence-electron chi connectivity index (χ0n) is 16.4. The summed E-state index contributed by atoms with van der Waals surface area (Å²) in [5.41, 5.74) is 1.95. The van der Waals surface area contributed by atoms with Crippen molar-refractivity contribution in [2.24, 2.45) is 0 Å². The smallest absolute Gasteiger partial charge is 0.313 e. The molecule has 7 heteroatoms. The molecule has 0 radical (unpaired) electrons. The Bertz CT molecular complexity index is 914. The van der Waals surface area contributed by atoms with Gasteiger partial charge in [-0.2, -0.15) is 5.26 Å². The first-order chi connectivity index (χ1) is 14.1. The van der Waals surface area contributed by atoms with Crippen LogP contribution in [0.3, 0.4) is 0 Å². The molecular formula is C22H24N4O3. The average molecular weight is 392 g/mol. The maximum Gasteiger partial charge on any atom is 0.313 e. The first kappa shape index (κ1) is 20.4. The van der Waals surface area contributed by atoms with Crippen LogP contribution in [-0.4, -0.2) is 54.3 Å². The van der Waals surface area contributed by atoms with E-state index in [1.54, 1.807) is 47.4 Å². The van der Waals surface area contributed by atoms with Gasteiger partial charge in [0.05, 0.1) is 11.6 Å². The van der Waals surface area contributed by atoms with Crippen molar-refractivity contribution in [2.45, 2.75) is 13.5 Å². The van der Waals surface area contributed by atoms with Gasteiger partial charge >= 0.3 is 11.8 Å². The molecule has 2 amide bonds. The van der Waals surface area contributed by atoms with Crippen molar-refractivity contribution in [3.05, 3.63) is 59.7 Å². The van der Waals surface area contributed by atoms with Crippen molar-refractivity contribution in [1.29, 1.82) is 5.26 Å². The average Bonchev–Trinajstić information content (AvgIpc) is 2.77. The van der Waals surface area contributed by atoms with Gasteiger partial charge in [-0.25, -0.2) is 0 Å². The second kappa shape index (κ2) is 9.71. The number of nitrogens with zero attached hydrogens (tertiary/aromatic N) is 3. The fourth-order valence-electron chi connectivity index (χ4n) is 3.16. The molecule has 0 bridgehead atoms. The minimum absolute atomic E-state index is 0.299. The Balaban J connectivity index is 1.55. The topological polar surface area (TPSA) is 85.7 Å². The summed E-state index contributed by atoms with van der Waals surface area (Å²) in [7, 11) is 0. The van der Waals surface area contributed by atoms with E-state index in [2.05, 4.69) is 23.2 Å². The molecule has 0 atom stereocenters.